The number of alkyl halides is 3. The van der Waals surface area contributed by atoms with E-state index in [1.807, 2.05) is 0 Å². The van der Waals surface area contributed by atoms with Crippen molar-refractivity contribution in [2.24, 2.45) is 0 Å². The van der Waals surface area contributed by atoms with Gasteiger partial charge in [-0.05, 0) is 19.1 Å². The molecular weight excluding hydrogens is 256 g/mol. The van der Waals surface area contributed by atoms with Crippen LogP contribution in [0.1, 0.15) is 17.3 Å². The number of halogens is 4. The zero-order valence-electron chi connectivity index (χ0n) is 9.38. The number of carbonyl (C=O) groups is 1. The van der Waals surface area contributed by atoms with E-state index in [9.17, 15) is 22.4 Å². The van der Waals surface area contributed by atoms with Crippen LogP contribution in [0.4, 0.5) is 17.6 Å². The largest absolute Gasteiger partial charge is 0.467 e. The Morgan fingerprint density at radius 2 is 2.00 bits per heavy atom. The summed E-state index contributed by atoms with van der Waals surface area (Å²) in [6, 6.07) is 3.16. The van der Waals surface area contributed by atoms with Gasteiger partial charge in [0.1, 0.15) is 18.2 Å². The summed E-state index contributed by atoms with van der Waals surface area (Å²) in [6.07, 6.45) is -4.46. The normalized spacial score (nSPS) is 11.4. The summed E-state index contributed by atoms with van der Waals surface area (Å²) in [6.45, 7) is -0.961. The fourth-order valence-electron chi connectivity index (χ4n) is 1.17. The Morgan fingerprint density at radius 1 is 1.33 bits per heavy atom. The summed E-state index contributed by atoms with van der Waals surface area (Å²) in [5.74, 6) is -1.20. The Morgan fingerprint density at radius 3 is 2.56 bits per heavy atom. The lowest BCUT2D eigenvalue weighted by atomic mass is 10.1. The summed E-state index contributed by atoms with van der Waals surface area (Å²) in [5.41, 5.74) is 0.0759. The molecule has 0 bridgehead atoms. The van der Waals surface area contributed by atoms with E-state index in [-0.39, 0.29) is 17.1 Å². The number of ketones is 1. The molecule has 0 aliphatic heterocycles. The van der Waals surface area contributed by atoms with Gasteiger partial charge >= 0.3 is 6.18 Å². The number of benzene rings is 1. The zero-order valence-corrected chi connectivity index (χ0v) is 9.38. The van der Waals surface area contributed by atoms with Gasteiger partial charge in [0.15, 0.2) is 12.6 Å². The third-order valence-corrected chi connectivity index (χ3v) is 1.89. The van der Waals surface area contributed by atoms with Crippen LogP contribution in [0.15, 0.2) is 18.2 Å². The molecule has 0 radical (unpaired) electrons. The first-order valence-electron chi connectivity index (χ1n) is 4.87. The third kappa shape index (κ3) is 4.70. The molecule has 18 heavy (non-hydrogen) atoms. The van der Waals surface area contributed by atoms with Gasteiger partial charge in [0, 0.05) is 6.07 Å². The molecule has 0 fully saturated rings. The number of rotatable bonds is 5. The van der Waals surface area contributed by atoms with Crippen molar-refractivity contribution in [3.63, 3.8) is 0 Å². The van der Waals surface area contributed by atoms with E-state index in [1.54, 1.807) is 0 Å². The highest BCUT2D eigenvalue weighted by molar-refractivity contribution is 5.96. The molecule has 100 valence electrons. The maximum absolute atomic E-state index is 12.9. The lowest BCUT2D eigenvalue weighted by molar-refractivity contribution is -0.186. The topological polar surface area (TPSA) is 35.5 Å². The fraction of sp³-hybridized carbons (Fsp3) is 0.364. The van der Waals surface area contributed by atoms with Crippen molar-refractivity contribution in [3.05, 3.63) is 29.6 Å². The van der Waals surface area contributed by atoms with E-state index in [0.717, 1.165) is 12.1 Å². The number of hydrogen-bond donors (Lipinski definition) is 0. The van der Waals surface area contributed by atoms with E-state index < -0.39 is 25.4 Å². The predicted molar refractivity (Wildman–Crippen MR) is 53.9 cm³/mol. The molecule has 1 rings (SSSR count). The molecular formula is C11H10F4O3. The van der Waals surface area contributed by atoms with Crippen molar-refractivity contribution in [2.75, 3.05) is 13.4 Å². The molecule has 0 heterocycles. The molecule has 3 nitrogen and oxygen atoms in total. The molecule has 1 aromatic carbocycles. The van der Waals surface area contributed by atoms with Gasteiger partial charge in [-0.2, -0.15) is 13.2 Å². The van der Waals surface area contributed by atoms with Crippen LogP contribution in [0.2, 0.25) is 0 Å². The molecule has 0 unspecified atom stereocenters. The number of carbonyl (C=O) groups excluding carboxylic acids is 1. The van der Waals surface area contributed by atoms with Gasteiger partial charge in [-0.3, -0.25) is 4.79 Å². The Bertz CT molecular complexity index is 429. The second-order valence-corrected chi connectivity index (χ2v) is 3.42. The summed E-state index contributed by atoms with van der Waals surface area (Å²) < 4.78 is 57.2. The quantitative estimate of drug-likeness (QED) is 0.356. The summed E-state index contributed by atoms with van der Waals surface area (Å²) in [4.78, 5) is 11.1. The van der Waals surface area contributed by atoms with Gasteiger partial charge in [-0.1, -0.05) is 0 Å². The zero-order chi connectivity index (χ0) is 13.8. The lowest BCUT2D eigenvalue weighted by Gasteiger charge is -2.11. The molecule has 0 N–H and O–H groups in total. The molecule has 7 heteroatoms. The van der Waals surface area contributed by atoms with Crippen LogP contribution in [0.5, 0.6) is 5.75 Å². The van der Waals surface area contributed by atoms with Gasteiger partial charge in [-0.15, -0.1) is 0 Å². The molecule has 0 aromatic heterocycles. The minimum atomic E-state index is -4.46. The van der Waals surface area contributed by atoms with Crippen molar-refractivity contribution in [2.45, 2.75) is 13.1 Å². The second-order valence-electron chi connectivity index (χ2n) is 3.42. The van der Waals surface area contributed by atoms with Crippen LogP contribution in [0, 0.1) is 5.82 Å². The minimum absolute atomic E-state index is 0.0759. The van der Waals surface area contributed by atoms with Crippen molar-refractivity contribution in [3.8, 4) is 5.75 Å². The van der Waals surface area contributed by atoms with Crippen LogP contribution in [0.3, 0.4) is 0 Å². The van der Waals surface area contributed by atoms with E-state index >= 15 is 0 Å². The Kier molecular flexibility index (Phi) is 4.66. The van der Waals surface area contributed by atoms with Gasteiger partial charge in [0.2, 0.25) is 0 Å². The average Bonchev–Trinajstić information content (AvgIpc) is 2.22. The Hall–Kier alpha value is -1.63. The summed E-state index contributed by atoms with van der Waals surface area (Å²) >= 11 is 0. The van der Waals surface area contributed by atoms with Gasteiger partial charge < -0.3 is 9.47 Å². The predicted octanol–water partition coefficient (Wildman–Crippen LogP) is 2.94. The standard InChI is InChI=1S/C11H10F4O3/c1-7(16)9-3-2-8(12)4-10(9)18-6-17-5-11(13,14)15/h2-4H,5-6H2,1H3. The number of ether oxygens (including phenoxy) is 2. The van der Waals surface area contributed by atoms with Crippen LogP contribution in [0.25, 0.3) is 0 Å². The van der Waals surface area contributed by atoms with Crippen LogP contribution >= 0.6 is 0 Å². The molecule has 0 atom stereocenters. The molecule has 0 saturated heterocycles. The minimum Gasteiger partial charge on any atom is -0.467 e. The molecule has 0 saturated carbocycles. The molecule has 0 aliphatic carbocycles. The molecule has 0 amide bonds. The average molecular weight is 266 g/mol. The first-order valence-corrected chi connectivity index (χ1v) is 4.87. The lowest BCUT2D eigenvalue weighted by Crippen LogP contribution is -2.19. The SMILES string of the molecule is CC(=O)c1ccc(F)cc1OCOCC(F)(F)F. The van der Waals surface area contributed by atoms with E-state index in [1.165, 1.54) is 13.0 Å². The molecule has 1 aromatic rings. The highest BCUT2D eigenvalue weighted by Gasteiger charge is 2.27. The Balaban J connectivity index is 2.61. The van der Waals surface area contributed by atoms with Crippen molar-refractivity contribution in [1.82, 2.24) is 0 Å². The van der Waals surface area contributed by atoms with Crippen molar-refractivity contribution in [1.29, 1.82) is 0 Å². The van der Waals surface area contributed by atoms with E-state index in [0.29, 0.717) is 0 Å². The first kappa shape index (κ1) is 14.4. The second kappa shape index (κ2) is 5.81. The smallest absolute Gasteiger partial charge is 0.411 e. The van der Waals surface area contributed by atoms with Crippen molar-refractivity contribution >= 4 is 5.78 Å². The summed E-state index contributed by atoms with van der Waals surface area (Å²) in [5, 5.41) is 0. The highest BCUT2D eigenvalue weighted by atomic mass is 19.4. The molecule has 0 spiro atoms. The monoisotopic (exact) mass is 266 g/mol. The van der Waals surface area contributed by atoms with Crippen LogP contribution in [-0.4, -0.2) is 25.4 Å². The Labute approximate surface area is 100 Å². The summed E-state index contributed by atoms with van der Waals surface area (Å²) in [7, 11) is 0. The van der Waals surface area contributed by atoms with E-state index in [4.69, 9.17) is 4.74 Å². The third-order valence-electron chi connectivity index (χ3n) is 1.89. The van der Waals surface area contributed by atoms with E-state index in [2.05, 4.69) is 4.74 Å². The highest BCUT2D eigenvalue weighted by Crippen LogP contribution is 2.21. The fourth-order valence-corrected chi connectivity index (χ4v) is 1.17. The van der Waals surface area contributed by atoms with Gasteiger partial charge in [0.05, 0.1) is 5.56 Å². The maximum atomic E-state index is 12.9. The number of hydrogen-bond acceptors (Lipinski definition) is 3. The molecule has 0 aliphatic rings. The maximum Gasteiger partial charge on any atom is 0.411 e. The van der Waals surface area contributed by atoms with Crippen molar-refractivity contribution < 1.29 is 31.8 Å². The van der Waals surface area contributed by atoms with Gasteiger partial charge in [0.25, 0.3) is 0 Å². The van der Waals surface area contributed by atoms with Gasteiger partial charge in [-0.25, -0.2) is 4.39 Å². The first-order chi connectivity index (χ1) is 8.29. The van der Waals surface area contributed by atoms with Crippen LogP contribution in [-0.2, 0) is 4.74 Å². The number of Topliss-reactive ketones (excluding diaryl/α,β-unsaturated/α-hetero) is 1. The van der Waals surface area contributed by atoms with Crippen LogP contribution < -0.4 is 4.74 Å².